The van der Waals surface area contributed by atoms with E-state index in [2.05, 4.69) is 4.98 Å². The van der Waals surface area contributed by atoms with Gasteiger partial charge in [-0.2, -0.15) is 13.2 Å². The fraction of sp³-hybridized carbons (Fsp3) is 0.583. The summed E-state index contributed by atoms with van der Waals surface area (Å²) < 4.78 is 37.7. The number of anilines is 2. The smallest absolute Gasteiger partial charge is 0.396 e. The summed E-state index contributed by atoms with van der Waals surface area (Å²) in [5.41, 5.74) is 5.40. The molecule has 6 heteroatoms. The maximum atomic E-state index is 12.6. The number of rotatable bonds is 4. The van der Waals surface area contributed by atoms with Gasteiger partial charge in [-0.3, -0.25) is 0 Å². The Morgan fingerprint density at radius 3 is 2.56 bits per heavy atom. The fourth-order valence-corrected chi connectivity index (χ4v) is 1.64. The van der Waals surface area contributed by atoms with Gasteiger partial charge in [-0.15, -0.1) is 0 Å². The van der Waals surface area contributed by atoms with Crippen LogP contribution < -0.4 is 10.6 Å². The third kappa shape index (κ3) is 3.51. The van der Waals surface area contributed by atoms with Gasteiger partial charge in [0.15, 0.2) is 0 Å². The molecule has 1 unspecified atom stereocenters. The first kappa shape index (κ1) is 14.6. The molecule has 1 rings (SSSR count). The number of alkyl halides is 3. The Morgan fingerprint density at radius 1 is 1.44 bits per heavy atom. The second kappa shape index (κ2) is 5.46. The lowest BCUT2D eigenvalue weighted by atomic mass is 10.1. The summed E-state index contributed by atoms with van der Waals surface area (Å²) in [4.78, 5) is 5.05. The van der Waals surface area contributed by atoms with E-state index in [4.69, 9.17) is 5.73 Å². The van der Waals surface area contributed by atoms with Crippen molar-refractivity contribution in [1.82, 2.24) is 4.98 Å². The zero-order valence-corrected chi connectivity index (χ0v) is 10.8. The minimum atomic E-state index is -4.44. The van der Waals surface area contributed by atoms with E-state index in [1.54, 1.807) is 11.9 Å². The van der Waals surface area contributed by atoms with Gasteiger partial charge in [-0.1, -0.05) is 20.3 Å². The number of hydrogen-bond acceptors (Lipinski definition) is 3. The first-order valence-corrected chi connectivity index (χ1v) is 5.79. The van der Waals surface area contributed by atoms with Crippen molar-refractivity contribution in [2.24, 2.45) is 5.92 Å². The van der Waals surface area contributed by atoms with Crippen LogP contribution in [0.25, 0.3) is 0 Å². The molecule has 0 saturated carbocycles. The molecule has 0 saturated heterocycles. The van der Waals surface area contributed by atoms with Gasteiger partial charge in [-0.05, 0) is 12.0 Å². The fourth-order valence-electron chi connectivity index (χ4n) is 1.64. The number of hydrogen-bond donors (Lipinski definition) is 1. The molecule has 102 valence electrons. The monoisotopic (exact) mass is 261 g/mol. The zero-order chi connectivity index (χ0) is 13.9. The highest BCUT2D eigenvalue weighted by molar-refractivity contribution is 5.66. The van der Waals surface area contributed by atoms with E-state index in [1.807, 2.05) is 13.8 Å². The van der Waals surface area contributed by atoms with Gasteiger partial charge in [0, 0.05) is 13.6 Å². The molecule has 0 aliphatic heterocycles. The van der Waals surface area contributed by atoms with Gasteiger partial charge in [0.05, 0.1) is 17.6 Å². The molecule has 0 amide bonds. The number of halogens is 3. The zero-order valence-electron chi connectivity index (χ0n) is 10.8. The molecule has 2 N–H and O–H groups in total. The van der Waals surface area contributed by atoms with E-state index >= 15 is 0 Å². The largest absolute Gasteiger partial charge is 0.433 e. The van der Waals surface area contributed by atoms with Crippen LogP contribution in [0.1, 0.15) is 26.0 Å². The number of nitrogens with two attached hydrogens (primary N) is 1. The van der Waals surface area contributed by atoms with Crippen molar-refractivity contribution in [2.45, 2.75) is 26.4 Å². The summed E-state index contributed by atoms with van der Waals surface area (Å²) in [7, 11) is 1.73. The van der Waals surface area contributed by atoms with E-state index in [1.165, 1.54) is 0 Å². The van der Waals surface area contributed by atoms with Crippen molar-refractivity contribution in [3.63, 3.8) is 0 Å². The summed E-state index contributed by atoms with van der Waals surface area (Å²) in [5, 5.41) is 0. The van der Waals surface area contributed by atoms with Crippen LogP contribution in [0.15, 0.2) is 12.3 Å². The number of nitrogens with zero attached hydrogens (tertiary/aromatic N) is 2. The Morgan fingerprint density at radius 2 is 2.06 bits per heavy atom. The highest BCUT2D eigenvalue weighted by Crippen LogP contribution is 2.32. The standard InChI is InChI=1S/C12H18F3N3/c1-4-8(2)7-18(3)10-5-11(12(13,14)15)17-6-9(10)16/h5-6,8H,4,7,16H2,1-3H3. The molecule has 1 aromatic heterocycles. The molecular formula is C12H18F3N3. The molecule has 18 heavy (non-hydrogen) atoms. The van der Waals surface area contributed by atoms with Gasteiger partial charge in [-0.25, -0.2) is 4.98 Å². The Bertz CT molecular complexity index is 404. The second-order valence-corrected chi connectivity index (χ2v) is 4.52. The summed E-state index contributed by atoms with van der Waals surface area (Å²) in [6, 6.07) is 0.998. The van der Waals surface area contributed by atoms with E-state index in [9.17, 15) is 13.2 Å². The predicted octanol–water partition coefficient (Wildman–Crippen LogP) is 3.16. The van der Waals surface area contributed by atoms with Crippen molar-refractivity contribution in [3.05, 3.63) is 18.0 Å². The normalized spacial score (nSPS) is 13.4. The van der Waals surface area contributed by atoms with Crippen LogP contribution in [-0.4, -0.2) is 18.6 Å². The number of pyridine rings is 1. The van der Waals surface area contributed by atoms with Crippen molar-refractivity contribution >= 4 is 11.4 Å². The SMILES string of the molecule is CCC(C)CN(C)c1cc(C(F)(F)F)ncc1N. The third-order valence-electron chi connectivity index (χ3n) is 2.90. The molecule has 0 aromatic carbocycles. The van der Waals surface area contributed by atoms with Crippen LogP contribution in [-0.2, 0) is 6.18 Å². The van der Waals surface area contributed by atoms with Crippen LogP contribution in [0.3, 0.4) is 0 Å². The molecule has 0 spiro atoms. The number of aromatic nitrogens is 1. The minimum Gasteiger partial charge on any atom is -0.396 e. The minimum absolute atomic E-state index is 0.258. The van der Waals surface area contributed by atoms with Gasteiger partial charge in [0.2, 0.25) is 0 Å². The topological polar surface area (TPSA) is 42.2 Å². The maximum absolute atomic E-state index is 12.6. The Labute approximate surface area is 105 Å². The highest BCUT2D eigenvalue weighted by Gasteiger charge is 2.33. The van der Waals surface area contributed by atoms with Gasteiger partial charge < -0.3 is 10.6 Å². The van der Waals surface area contributed by atoms with Crippen LogP contribution in [0.4, 0.5) is 24.5 Å². The van der Waals surface area contributed by atoms with E-state index in [0.29, 0.717) is 18.2 Å². The lowest BCUT2D eigenvalue weighted by Gasteiger charge is -2.24. The Kier molecular flexibility index (Phi) is 4.43. The quantitative estimate of drug-likeness (QED) is 0.905. The van der Waals surface area contributed by atoms with E-state index < -0.39 is 11.9 Å². The number of nitrogen functional groups attached to an aromatic ring is 1. The first-order chi connectivity index (χ1) is 8.25. The molecule has 0 bridgehead atoms. The lowest BCUT2D eigenvalue weighted by Crippen LogP contribution is -2.25. The van der Waals surface area contributed by atoms with Crippen LogP contribution in [0.2, 0.25) is 0 Å². The molecule has 0 aliphatic rings. The van der Waals surface area contributed by atoms with Crippen molar-refractivity contribution < 1.29 is 13.2 Å². The third-order valence-corrected chi connectivity index (χ3v) is 2.90. The Balaban J connectivity index is 3.00. The van der Waals surface area contributed by atoms with Gasteiger partial charge in [0.1, 0.15) is 5.69 Å². The summed E-state index contributed by atoms with van der Waals surface area (Å²) >= 11 is 0. The van der Waals surface area contributed by atoms with Crippen LogP contribution >= 0.6 is 0 Å². The van der Waals surface area contributed by atoms with E-state index in [-0.39, 0.29) is 5.69 Å². The van der Waals surface area contributed by atoms with Crippen LogP contribution in [0.5, 0.6) is 0 Å². The molecule has 0 aliphatic carbocycles. The van der Waals surface area contributed by atoms with Crippen molar-refractivity contribution in [2.75, 3.05) is 24.2 Å². The molecular weight excluding hydrogens is 243 g/mol. The summed E-state index contributed by atoms with van der Waals surface area (Å²) in [6.07, 6.45) is -2.42. The van der Waals surface area contributed by atoms with E-state index in [0.717, 1.165) is 18.7 Å². The average molecular weight is 261 g/mol. The molecule has 1 heterocycles. The lowest BCUT2D eigenvalue weighted by molar-refractivity contribution is -0.141. The molecule has 1 atom stereocenters. The van der Waals surface area contributed by atoms with Gasteiger partial charge >= 0.3 is 6.18 Å². The molecule has 1 aromatic rings. The summed E-state index contributed by atoms with van der Waals surface area (Å²) in [6.45, 7) is 4.73. The van der Waals surface area contributed by atoms with Crippen LogP contribution in [0, 0.1) is 5.92 Å². The first-order valence-electron chi connectivity index (χ1n) is 5.79. The van der Waals surface area contributed by atoms with Crippen molar-refractivity contribution in [3.8, 4) is 0 Å². The maximum Gasteiger partial charge on any atom is 0.433 e. The molecule has 0 fully saturated rings. The Hall–Kier alpha value is -1.46. The summed E-state index contributed by atoms with van der Waals surface area (Å²) in [5.74, 6) is 0.386. The van der Waals surface area contributed by atoms with Gasteiger partial charge in [0.25, 0.3) is 0 Å². The molecule has 0 radical (unpaired) electrons. The highest BCUT2D eigenvalue weighted by atomic mass is 19.4. The second-order valence-electron chi connectivity index (χ2n) is 4.52. The molecule has 3 nitrogen and oxygen atoms in total. The van der Waals surface area contributed by atoms with Crippen molar-refractivity contribution in [1.29, 1.82) is 0 Å². The predicted molar refractivity (Wildman–Crippen MR) is 66.4 cm³/mol. The average Bonchev–Trinajstić information content (AvgIpc) is 2.27.